The number of rotatable bonds is 6. The Bertz CT molecular complexity index is 1870. The number of carbonyl (C=O) groups is 5. The second-order valence-electron chi connectivity index (χ2n) is 15.0. The first-order valence-corrected chi connectivity index (χ1v) is 19.0. The molecule has 5 amide bonds. The first-order chi connectivity index (χ1) is 24.0. The number of allylic oxidation sites excluding steroid dienone is 1. The van der Waals surface area contributed by atoms with Crippen molar-refractivity contribution < 1.29 is 41.5 Å². The van der Waals surface area contributed by atoms with Crippen molar-refractivity contribution in [1.82, 2.24) is 30.6 Å². The maximum Gasteiger partial charge on any atom is 0.408 e. The molecule has 0 unspecified atom stereocenters. The molecule has 2 aliphatic heterocycles. The third kappa shape index (κ3) is 8.37. The molecule has 6 rings (SSSR count). The van der Waals surface area contributed by atoms with E-state index in [1.54, 1.807) is 20.8 Å². The number of aromatic nitrogens is 1. The molecule has 51 heavy (non-hydrogen) atoms. The highest BCUT2D eigenvalue weighted by Crippen LogP contribution is 2.46. The number of fused-ring (bicyclic) bond motifs is 3. The van der Waals surface area contributed by atoms with Gasteiger partial charge in [-0.1, -0.05) is 25.0 Å². The second kappa shape index (κ2) is 13.9. The highest BCUT2D eigenvalue weighted by atomic mass is 32.2. The fourth-order valence-corrected chi connectivity index (χ4v) is 8.21. The van der Waals surface area contributed by atoms with Crippen LogP contribution in [0.5, 0.6) is 0 Å². The molecule has 14 nitrogen and oxygen atoms in total. The van der Waals surface area contributed by atoms with Gasteiger partial charge in [0.15, 0.2) is 0 Å². The maximum atomic E-state index is 14.3. The van der Waals surface area contributed by atoms with Gasteiger partial charge >= 0.3 is 6.09 Å². The molecule has 3 heterocycles. The first-order valence-electron chi connectivity index (χ1n) is 17.5. The number of ether oxygens (including phenoxy) is 1. The van der Waals surface area contributed by atoms with Crippen molar-refractivity contribution in [2.45, 2.75) is 113 Å². The number of amides is 5. The lowest BCUT2D eigenvalue weighted by atomic mass is 10.0. The summed E-state index contributed by atoms with van der Waals surface area (Å²) >= 11 is 0. The van der Waals surface area contributed by atoms with Gasteiger partial charge in [-0.3, -0.25) is 23.9 Å². The van der Waals surface area contributed by atoms with Gasteiger partial charge in [0.2, 0.25) is 21.8 Å². The van der Waals surface area contributed by atoms with E-state index in [1.807, 2.05) is 12.2 Å². The minimum atomic E-state index is -3.91. The molecule has 16 heteroatoms. The van der Waals surface area contributed by atoms with Crippen molar-refractivity contribution >= 4 is 50.6 Å². The number of alkyl carbamates (subject to hydrolysis) is 1. The Balaban J connectivity index is 1.27. The summed E-state index contributed by atoms with van der Waals surface area (Å²) in [5.74, 6) is -3.55. The van der Waals surface area contributed by atoms with Crippen LogP contribution in [0.3, 0.4) is 0 Å². The van der Waals surface area contributed by atoms with Crippen molar-refractivity contribution in [3.8, 4) is 0 Å². The summed E-state index contributed by atoms with van der Waals surface area (Å²) in [7, 11) is -3.91. The maximum absolute atomic E-state index is 14.3. The van der Waals surface area contributed by atoms with Crippen molar-refractivity contribution in [2.24, 2.45) is 5.92 Å². The largest absolute Gasteiger partial charge is 0.444 e. The Morgan fingerprint density at radius 3 is 2.53 bits per heavy atom. The number of H-pyrrole nitrogens is 1. The van der Waals surface area contributed by atoms with Gasteiger partial charge in [-0.2, -0.15) is 0 Å². The summed E-state index contributed by atoms with van der Waals surface area (Å²) < 4.78 is 46.9. The molecule has 1 aromatic heterocycles. The minimum Gasteiger partial charge on any atom is -0.444 e. The van der Waals surface area contributed by atoms with Crippen LogP contribution in [0.1, 0.15) is 89.0 Å². The molecule has 276 valence electrons. The van der Waals surface area contributed by atoms with Gasteiger partial charge < -0.3 is 30.6 Å². The van der Waals surface area contributed by atoms with Crippen LogP contribution >= 0.6 is 0 Å². The Morgan fingerprint density at radius 1 is 1.04 bits per heavy atom. The van der Waals surface area contributed by atoms with Gasteiger partial charge in [-0.25, -0.2) is 17.6 Å². The monoisotopic (exact) mass is 728 g/mol. The minimum absolute atomic E-state index is 0.0318. The van der Waals surface area contributed by atoms with Crippen LogP contribution < -0.4 is 20.7 Å². The molecule has 5 N–H and O–H groups in total. The fourth-order valence-electron chi connectivity index (χ4n) is 6.84. The predicted molar refractivity (Wildman–Crippen MR) is 184 cm³/mol. The zero-order valence-corrected chi connectivity index (χ0v) is 29.7. The summed E-state index contributed by atoms with van der Waals surface area (Å²) in [4.78, 5) is 72.5. The van der Waals surface area contributed by atoms with Gasteiger partial charge in [-0.05, 0) is 90.0 Å². The molecule has 4 aliphatic rings. The molecule has 2 aromatic rings. The highest BCUT2D eigenvalue weighted by Gasteiger charge is 2.62. The lowest BCUT2D eigenvalue weighted by molar-refractivity contribution is -0.141. The zero-order chi connectivity index (χ0) is 36.7. The van der Waals surface area contributed by atoms with Crippen molar-refractivity contribution in [2.75, 3.05) is 6.54 Å². The van der Waals surface area contributed by atoms with Crippen LogP contribution in [-0.4, -0.2) is 89.1 Å². The average Bonchev–Trinajstić information content (AvgIpc) is 3.93. The third-order valence-electron chi connectivity index (χ3n) is 9.73. The molecule has 1 saturated heterocycles. The van der Waals surface area contributed by atoms with E-state index in [2.05, 4.69) is 25.7 Å². The van der Waals surface area contributed by atoms with Crippen LogP contribution in [-0.2, 0) is 29.1 Å². The van der Waals surface area contributed by atoms with Gasteiger partial charge in [0, 0.05) is 29.4 Å². The number of hydrogen-bond acceptors (Lipinski definition) is 8. The summed E-state index contributed by atoms with van der Waals surface area (Å²) in [6, 6.07) is 2.61. The second-order valence-corrected chi connectivity index (χ2v) is 17.0. The molecule has 0 radical (unpaired) electrons. The van der Waals surface area contributed by atoms with E-state index in [9.17, 15) is 36.8 Å². The summed E-state index contributed by atoms with van der Waals surface area (Å²) in [5, 5.41) is 8.18. The van der Waals surface area contributed by atoms with E-state index in [4.69, 9.17) is 4.74 Å². The van der Waals surface area contributed by atoms with E-state index in [1.165, 1.54) is 29.2 Å². The van der Waals surface area contributed by atoms with Crippen LogP contribution in [0.15, 0.2) is 36.4 Å². The average molecular weight is 729 g/mol. The Labute approximate surface area is 295 Å². The van der Waals surface area contributed by atoms with Gasteiger partial charge in [0.05, 0.1) is 5.25 Å². The van der Waals surface area contributed by atoms with Gasteiger partial charge in [-0.15, -0.1) is 0 Å². The molecule has 0 spiro atoms. The third-order valence-corrected chi connectivity index (χ3v) is 11.6. The van der Waals surface area contributed by atoms with E-state index in [0.29, 0.717) is 36.6 Å². The predicted octanol–water partition coefficient (Wildman–Crippen LogP) is 2.90. The number of nitrogens with one attached hydrogen (secondary N) is 5. The Kier molecular flexibility index (Phi) is 9.92. The van der Waals surface area contributed by atoms with E-state index in [-0.39, 0.29) is 31.5 Å². The molecule has 0 bridgehead atoms. The number of sulfonamides is 1. The van der Waals surface area contributed by atoms with Gasteiger partial charge in [0.1, 0.15) is 34.7 Å². The summed E-state index contributed by atoms with van der Waals surface area (Å²) in [6.45, 7) is 5.00. The number of aromatic amines is 1. The van der Waals surface area contributed by atoms with Crippen LogP contribution in [0.4, 0.5) is 9.18 Å². The van der Waals surface area contributed by atoms with Crippen molar-refractivity contribution in [3.63, 3.8) is 0 Å². The molecule has 5 atom stereocenters. The van der Waals surface area contributed by atoms with Crippen molar-refractivity contribution in [1.29, 1.82) is 0 Å². The smallest absolute Gasteiger partial charge is 0.408 e. The fraction of sp³-hybridized carbons (Fsp3) is 0.571. The van der Waals surface area contributed by atoms with Crippen LogP contribution in [0, 0.1) is 11.7 Å². The lowest BCUT2D eigenvalue weighted by Crippen LogP contribution is -2.58. The topological polar surface area (TPSA) is 196 Å². The Hall–Kier alpha value is -4.47. The first kappa shape index (κ1) is 36.3. The number of nitrogens with zero attached hydrogens (tertiary/aromatic N) is 1. The lowest BCUT2D eigenvalue weighted by Gasteiger charge is -2.30. The molecular weight excluding hydrogens is 683 g/mol. The molecule has 1 aromatic carbocycles. The number of hydrogen-bond donors (Lipinski definition) is 5. The van der Waals surface area contributed by atoms with Crippen LogP contribution in [0.25, 0.3) is 10.9 Å². The number of halogens is 1. The van der Waals surface area contributed by atoms with Gasteiger partial charge in [0.25, 0.3) is 11.8 Å². The van der Waals surface area contributed by atoms with Crippen molar-refractivity contribution in [3.05, 3.63) is 47.9 Å². The molecule has 2 aliphatic carbocycles. The van der Waals surface area contributed by atoms with E-state index >= 15 is 0 Å². The van der Waals surface area contributed by atoms with Crippen LogP contribution in [0.2, 0.25) is 0 Å². The molecule has 2 saturated carbocycles. The van der Waals surface area contributed by atoms with E-state index in [0.717, 1.165) is 12.8 Å². The Morgan fingerprint density at radius 2 is 1.80 bits per heavy atom. The standard InChI is InChI=1S/C35H45FN6O8S/c1-34(2,3)50-33(47)39-26-10-8-6-4-5-7-9-21-18-35(21,32(46)41-51(48,49)24-12-13-24)40-30(44)28-17-23(19-42(28)31(26)45)37-29(43)27-16-20-15-22(36)11-14-25(20)38-27/h7,9,11,14-16,21,23-24,26,28,38H,4-6,8,10,12-13,17-19H2,1-3H3,(H,37,43)(H,39,47)(H,40,44)(H,41,46)/b9-7-/t21-,23-,26+,28+,35-/m1/s1. The summed E-state index contributed by atoms with van der Waals surface area (Å²) in [5.41, 5.74) is -1.67. The zero-order valence-electron chi connectivity index (χ0n) is 28.9. The molecule has 3 fully saturated rings. The normalized spacial score (nSPS) is 28.0. The quantitative estimate of drug-likeness (QED) is 0.280. The van der Waals surface area contributed by atoms with E-state index < -0.39 is 86.0 Å². The SMILES string of the molecule is CC(C)(C)OC(=O)N[C@H]1CCCCC/C=C\[C@@H]2C[C@@]2(C(=O)NS(=O)(=O)C2CC2)NC(=O)[C@@H]2C[C@@H](NC(=O)c3cc4cc(F)ccc4[nH]3)CN2C1=O. The molecular formula is C35H45FN6O8S. The number of carbonyl (C=O) groups excluding carboxylic acids is 5. The highest BCUT2D eigenvalue weighted by molar-refractivity contribution is 7.91. The summed E-state index contributed by atoms with van der Waals surface area (Å²) in [6.07, 6.45) is 6.99. The number of benzene rings is 1.